The molecule has 0 heterocycles. The van der Waals surface area contributed by atoms with Gasteiger partial charge in [-0.05, 0) is 35.7 Å². The van der Waals surface area contributed by atoms with Crippen molar-refractivity contribution < 1.29 is 18.7 Å². The first kappa shape index (κ1) is 17.9. The van der Waals surface area contributed by atoms with Gasteiger partial charge < -0.3 is 10.1 Å². The summed E-state index contributed by atoms with van der Waals surface area (Å²) in [6.45, 7) is 3.50. The zero-order chi connectivity index (χ0) is 17.7. The summed E-state index contributed by atoms with van der Waals surface area (Å²) in [4.78, 5) is 23.8. The Bertz CT molecular complexity index is 762. The van der Waals surface area contributed by atoms with E-state index in [1.807, 2.05) is 26.0 Å². The minimum absolute atomic E-state index is 0.207. The minimum atomic E-state index is -0.942. The molecule has 2 aromatic rings. The zero-order valence-electron chi connectivity index (χ0n) is 13.3. The van der Waals surface area contributed by atoms with Gasteiger partial charge in [-0.1, -0.05) is 43.6 Å². The highest BCUT2D eigenvalue weighted by molar-refractivity contribution is 6.30. The lowest BCUT2D eigenvalue weighted by atomic mass is 10.0. The Kier molecular flexibility index (Phi) is 5.93. The summed E-state index contributed by atoms with van der Waals surface area (Å²) in [6.07, 6.45) is 0. The summed E-state index contributed by atoms with van der Waals surface area (Å²) in [7, 11) is 0. The Balaban J connectivity index is 1.99. The van der Waals surface area contributed by atoms with Crippen molar-refractivity contribution in [2.75, 3.05) is 11.9 Å². The molecule has 1 amide bonds. The molecule has 0 fully saturated rings. The second kappa shape index (κ2) is 7.93. The smallest absolute Gasteiger partial charge is 0.341 e. The molecular weight excluding hydrogens is 333 g/mol. The van der Waals surface area contributed by atoms with Gasteiger partial charge in [0.2, 0.25) is 0 Å². The number of carbonyl (C=O) groups is 2. The number of hydrogen-bond donors (Lipinski definition) is 1. The number of halogens is 2. The fourth-order valence-electron chi connectivity index (χ4n) is 2.16. The van der Waals surface area contributed by atoms with Crippen molar-refractivity contribution in [1.82, 2.24) is 0 Å². The normalized spacial score (nSPS) is 10.5. The van der Waals surface area contributed by atoms with Crippen LogP contribution in [0.25, 0.3) is 0 Å². The summed E-state index contributed by atoms with van der Waals surface area (Å²) in [6, 6.07) is 10.9. The molecule has 0 atom stereocenters. The van der Waals surface area contributed by atoms with Gasteiger partial charge in [0.1, 0.15) is 5.82 Å². The van der Waals surface area contributed by atoms with Crippen LogP contribution in [0.3, 0.4) is 0 Å². The van der Waals surface area contributed by atoms with E-state index in [1.165, 1.54) is 6.07 Å². The van der Waals surface area contributed by atoms with Crippen LogP contribution in [0.1, 0.15) is 35.7 Å². The van der Waals surface area contributed by atoms with E-state index < -0.39 is 24.3 Å². The molecule has 0 bridgehead atoms. The number of benzene rings is 2. The topological polar surface area (TPSA) is 55.4 Å². The molecule has 2 rings (SSSR count). The molecule has 0 saturated carbocycles. The van der Waals surface area contributed by atoms with Gasteiger partial charge in [-0.15, -0.1) is 0 Å². The molecule has 24 heavy (non-hydrogen) atoms. The van der Waals surface area contributed by atoms with E-state index in [-0.39, 0.29) is 16.5 Å². The van der Waals surface area contributed by atoms with Gasteiger partial charge in [0, 0.05) is 10.7 Å². The summed E-state index contributed by atoms with van der Waals surface area (Å²) in [5.74, 6) is -1.97. The van der Waals surface area contributed by atoms with Crippen LogP contribution < -0.4 is 5.32 Å². The van der Waals surface area contributed by atoms with Crippen molar-refractivity contribution in [2.24, 2.45) is 0 Å². The fourth-order valence-corrected chi connectivity index (χ4v) is 2.34. The van der Waals surface area contributed by atoms with E-state index in [9.17, 15) is 14.0 Å². The van der Waals surface area contributed by atoms with Gasteiger partial charge in [0.15, 0.2) is 6.61 Å². The number of rotatable bonds is 5. The quantitative estimate of drug-likeness (QED) is 0.814. The number of ether oxygens (including phenoxy) is 1. The second-order valence-corrected chi connectivity index (χ2v) is 5.93. The molecule has 4 nitrogen and oxygen atoms in total. The van der Waals surface area contributed by atoms with Gasteiger partial charge in [-0.2, -0.15) is 0 Å². The van der Waals surface area contributed by atoms with Crippen LogP contribution in [-0.2, 0) is 9.53 Å². The van der Waals surface area contributed by atoms with Gasteiger partial charge in [-0.25, -0.2) is 9.18 Å². The van der Waals surface area contributed by atoms with Crippen LogP contribution in [0.5, 0.6) is 0 Å². The molecule has 0 unspecified atom stereocenters. The lowest BCUT2D eigenvalue weighted by Gasteiger charge is -2.13. The van der Waals surface area contributed by atoms with Crippen molar-refractivity contribution in [3.63, 3.8) is 0 Å². The number of amides is 1. The van der Waals surface area contributed by atoms with E-state index in [0.717, 1.165) is 17.7 Å². The first-order chi connectivity index (χ1) is 11.4. The molecule has 0 aliphatic carbocycles. The molecule has 0 saturated heterocycles. The fraction of sp³-hybridized carbons (Fsp3) is 0.222. The van der Waals surface area contributed by atoms with Crippen molar-refractivity contribution >= 4 is 29.2 Å². The number of anilines is 1. The molecule has 0 aliphatic rings. The van der Waals surface area contributed by atoms with Gasteiger partial charge >= 0.3 is 5.97 Å². The average molecular weight is 350 g/mol. The van der Waals surface area contributed by atoms with Crippen molar-refractivity contribution in [3.05, 3.63) is 64.4 Å². The molecular formula is C18H17ClFNO3. The number of hydrogen-bond acceptors (Lipinski definition) is 3. The highest BCUT2D eigenvalue weighted by atomic mass is 35.5. The maximum absolute atomic E-state index is 13.6. The zero-order valence-corrected chi connectivity index (χ0v) is 14.1. The Morgan fingerprint density at radius 1 is 1.21 bits per heavy atom. The maximum Gasteiger partial charge on any atom is 0.341 e. The Morgan fingerprint density at radius 3 is 2.62 bits per heavy atom. The van der Waals surface area contributed by atoms with Crippen LogP contribution in [0, 0.1) is 5.82 Å². The molecule has 0 radical (unpaired) electrons. The monoisotopic (exact) mass is 349 g/mol. The summed E-state index contributed by atoms with van der Waals surface area (Å²) in [5.41, 5.74) is 1.32. The standard InChI is InChI=1S/C18H17ClFNO3/c1-11(2)13-5-3-4-6-16(13)21-17(22)10-24-18(23)14-9-12(19)7-8-15(14)20/h3-9,11H,10H2,1-2H3,(H,21,22). The van der Waals surface area contributed by atoms with E-state index in [2.05, 4.69) is 5.32 Å². The highest BCUT2D eigenvalue weighted by Gasteiger charge is 2.16. The Morgan fingerprint density at radius 2 is 1.92 bits per heavy atom. The van der Waals surface area contributed by atoms with Gasteiger partial charge in [0.05, 0.1) is 5.56 Å². The predicted molar refractivity (Wildman–Crippen MR) is 90.9 cm³/mol. The molecule has 0 spiro atoms. The SMILES string of the molecule is CC(C)c1ccccc1NC(=O)COC(=O)c1cc(Cl)ccc1F. The first-order valence-electron chi connectivity index (χ1n) is 7.39. The lowest BCUT2D eigenvalue weighted by Crippen LogP contribution is -2.22. The maximum atomic E-state index is 13.6. The van der Waals surface area contributed by atoms with Crippen LogP contribution in [0.2, 0.25) is 5.02 Å². The van der Waals surface area contributed by atoms with Crippen LogP contribution in [0.4, 0.5) is 10.1 Å². The largest absolute Gasteiger partial charge is 0.452 e. The van der Waals surface area contributed by atoms with Crippen molar-refractivity contribution in [1.29, 1.82) is 0 Å². The van der Waals surface area contributed by atoms with E-state index in [4.69, 9.17) is 16.3 Å². The summed E-state index contributed by atoms with van der Waals surface area (Å²) in [5, 5.41) is 2.90. The second-order valence-electron chi connectivity index (χ2n) is 5.49. The highest BCUT2D eigenvalue weighted by Crippen LogP contribution is 2.23. The van der Waals surface area contributed by atoms with Crippen LogP contribution >= 0.6 is 11.6 Å². The average Bonchev–Trinajstić information content (AvgIpc) is 2.55. The van der Waals surface area contributed by atoms with Gasteiger partial charge in [0.25, 0.3) is 5.91 Å². The summed E-state index contributed by atoms with van der Waals surface area (Å²) < 4.78 is 18.4. The molecule has 0 aromatic heterocycles. The lowest BCUT2D eigenvalue weighted by molar-refractivity contribution is -0.119. The van der Waals surface area contributed by atoms with Gasteiger partial charge in [-0.3, -0.25) is 4.79 Å². The summed E-state index contributed by atoms with van der Waals surface area (Å²) >= 11 is 5.72. The number of nitrogens with one attached hydrogen (secondary N) is 1. The van der Waals surface area contributed by atoms with Crippen LogP contribution in [-0.4, -0.2) is 18.5 Å². The van der Waals surface area contributed by atoms with Crippen molar-refractivity contribution in [3.8, 4) is 0 Å². The molecule has 6 heteroatoms. The number of para-hydroxylation sites is 1. The van der Waals surface area contributed by atoms with Crippen LogP contribution in [0.15, 0.2) is 42.5 Å². The molecule has 126 valence electrons. The van der Waals surface area contributed by atoms with E-state index in [0.29, 0.717) is 5.69 Å². The minimum Gasteiger partial charge on any atom is -0.452 e. The number of carbonyl (C=O) groups excluding carboxylic acids is 2. The molecule has 2 aromatic carbocycles. The third-order valence-corrected chi connectivity index (χ3v) is 3.57. The molecule has 0 aliphatic heterocycles. The van der Waals surface area contributed by atoms with E-state index >= 15 is 0 Å². The predicted octanol–water partition coefficient (Wildman–Crippen LogP) is 4.40. The third kappa shape index (κ3) is 4.55. The third-order valence-electron chi connectivity index (χ3n) is 3.34. The molecule has 1 N–H and O–H groups in total. The number of esters is 1. The van der Waals surface area contributed by atoms with E-state index in [1.54, 1.807) is 12.1 Å². The Labute approximate surface area is 144 Å². The first-order valence-corrected chi connectivity index (χ1v) is 7.77. The Hall–Kier alpha value is -2.40. The van der Waals surface area contributed by atoms with Crippen molar-refractivity contribution in [2.45, 2.75) is 19.8 Å².